The van der Waals surface area contributed by atoms with E-state index in [1.807, 2.05) is 23.6 Å². The number of carboxylic acid groups (broad SMARTS) is 1. The molecule has 5 heteroatoms. The molecule has 1 aromatic heterocycles. The smallest absolute Gasteiger partial charge is 0.548 e. The van der Waals surface area contributed by atoms with Crippen molar-refractivity contribution < 1.29 is 28.8 Å². The second-order valence-electron chi connectivity index (χ2n) is 5.26. The predicted octanol–water partition coefficient (Wildman–Crippen LogP) is 0.305. The van der Waals surface area contributed by atoms with Gasteiger partial charge in [-0.2, -0.15) is 5.26 Å². The maximum atomic E-state index is 11.4. The Morgan fingerprint density at radius 2 is 2.00 bits per heavy atom. The third kappa shape index (κ3) is 6.70. The van der Waals surface area contributed by atoms with Gasteiger partial charge in [0.15, 0.2) is 0 Å². The Kier molecular flexibility index (Phi) is 10.5. The van der Waals surface area contributed by atoms with Gasteiger partial charge < -0.3 is 9.90 Å². The summed E-state index contributed by atoms with van der Waals surface area (Å²) in [6.45, 7) is 2.16. The van der Waals surface area contributed by atoms with E-state index < -0.39 is 11.4 Å². The van der Waals surface area contributed by atoms with E-state index in [1.165, 1.54) is 30.6 Å². The van der Waals surface area contributed by atoms with E-state index in [1.54, 1.807) is 0 Å². The van der Waals surface area contributed by atoms with Crippen LogP contribution in [0.2, 0.25) is 0 Å². The van der Waals surface area contributed by atoms with Crippen molar-refractivity contribution in [3.05, 3.63) is 22.4 Å². The number of carboxylic acids is 1. The average molecular weight is 299 g/mol. The van der Waals surface area contributed by atoms with E-state index in [0.29, 0.717) is 6.42 Å². The van der Waals surface area contributed by atoms with Crippen molar-refractivity contribution in [3.63, 3.8) is 0 Å². The first kappa shape index (κ1) is 20.3. The van der Waals surface area contributed by atoms with E-state index in [4.69, 9.17) is 0 Å². The predicted molar refractivity (Wildman–Crippen MR) is 79.1 cm³/mol. The first-order chi connectivity index (χ1) is 9.64. The summed E-state index contributed by atoms with van der Waals surface area (Å²) in [5.74, 6) is -1.23. The molecule has 0 fully saturated rings. The number of carbonyl (C=O) groups excluding carboxylic acids is 1. The zero-order chi connectivity index (χ0) is 14.8. The number of nitriles is 1. The average Bonchev–Trinajstić information content (AvgIpc) is 2.93. The van der Waals surface area contributed by atoms with E-state index >= 15 is 0 Å². The standard InChI is InChI=1S/C16H23NO2S.Li/c1-2-3-4-5-6-7-10-16(13-17,15(18)19)12-14-9-8-11-20-14;/h8-9,11H,2-7,10,12H2,1H3,(H,18,19);/q;+1/p-1. The quantitative estimate of drug-likeness (QED) is 0.461. The molecule has 0 N–H and O–H groups in total. The molecule has 1 heterocycles. The molecule has 0 aliphatic rings. The summed E-state index contributed by atoms with van der Waals surface area (Å²) in [7, 11) is 0. The Morgan fingerprint density at radius 3 is 2.52 bits per heavy atom. The number of nitrogens with zero attached hydrogens (tertiary/aromatic N) is 1. The second kappa shape index (κ2) is 10.9. The normalized spacial score (nSPS) is 13.0. The number of hydrogen-bond acceptors (Lipinski definition) is 4. The van der Waals surface area contributed by atoms with Gasteiger partial charge in [-0.3, -0.25) is 0 Å². The summed E-state index contributed by atoms with van der Waals surface area (Å²) in [5, 5.41) is 22.6. The third-order valence-corrected chi connectivity index (χ3v) is 4.49. The second-order valence-corrected chi connectivity index (χ2v) is 6.29. The Morgan fingerprint density at radius 1 is 1.33 bits per heavy atom. The van der Waals surface area contributed by atoms with Crippen molar-refractivity contribution in [1.82, 2.24) is 0 Å². The zero-order valence-electron chi connectivity index (χ0n) is 13.1. The van der Waals surface area contributed by atoms with E-state index in [-0.39, 0.29) is 25.3 Å². The maximum Gasteiger partial charge on any atom is 1.00 e. The fourth-order valence-electron chi connectivity index (χ4n) is 2.32. The molecule has 0 bridgehead atoms. The largest absolute Gasteiger partial charge is 1.00 e. The minimum Gasteiger partial charge on any atom is -0.548 e. The molecule has 0 amide bonds. The Labute approximate surface area is 143 Å². The fourth-order valence-corrected chi connectivity index (χ4v) is 3.14. The topological polar surface area (TPSA) is 63.9 Å². The van der Waals surface area contributed by atoms with Gasteiger partial charge in [-0.25, -0.2) is 0 Å². The molecule has 21 heavy (non-hydrogen) atoms. The molecule has 0 saturated carbocycles. The minimum atomic E-state index is -1.37. The van der Waals surface area contributed by atoms with E-state index in [9.17, 15) is 15.2 Å². The Balaban J connectivity index is 0.00000400. The van der Waals surface area contributed by atoms with Crippen LogP contribution < -0.4 is 24.0 Å². The van der Waals surface area contributed by atoms with E-state index in [0.717, 1.165) is 24.1 Å². The number of thiophene rings is 1. The molecule has 0 saturated heterocycles. The van der Waals surface area contributed by atoms with Gasteiger partial charge in [-0.05, 0) is 17.9 Å². The Bertz CT molecular complexity index is 442. The van der Waals surface area contributed by atoms with Crippen LogP contribution in [0.5, 0.6) is 0 Å². The Hall–Kier alpha value is -0.743. The summed E-state index contributed by atoms with van der Waals surface area (Å²) in [4.78, 5) is 12.3. The number of unbranched alkanes of at least 4 members (excludes halogenated alkanes) is 5. The molecular formula is C16H22LiNO2S. The van der Waals surface area contributed by atoms with Crippen molar-refractivity contribution in [3.8, 4) is 6.07 Å². The van der Waals surface area contributed by atoms with Crippen LogP contribution in [0.15, 0.2) is 17.5 Å². The van der Waals surface area contributed by atoms with Crippen molar-refractivity contribution in [2.75, 3.05) is 0 Å². The van der Waals surface area contributed by atoms with Crippen molar-refractivity contribution >= 4 is 17.3 Å². The summed E-state index contributed by atoms with van der Waals surface area (Å²) < 4.78 is 0. The number of rotatable bonds is 10. The van der Waals surface area contributed by atoms with Crippen LogP contribution >= 0.6 is 11.3 Å². The van der Waals surface area contributed by atoms with Gasteiger partial charge in [0.1, 0.15) is 5.41 Å². The summed E-state index contributed by atoms with van der Waals surface area (Å²) in [6, 6.07) is 5.75. The molecule has 1 unspecified atom stereocenters. The van der Waals surface area contributed by atoms with Crippen LogP contribution in [0, 0.1) is 16.7 Å². The van der Waals surface area contributed by atoms with Gasteiger partial charge in [-0.1, -0.05) is 51.5 Å². The minimum absolute atomic E-state index is 0. The molecule has 0 spiro atoms. The van der Waals surface area contributed by atoms with Crippen molar-refractivity contribution in [1.29, 1.82) is 5.26 Å². The zero-order valence-corrected chi connectivity index (χ0v) is 13.9. The van der Waals surface area contributed by atoms with E-state index in [2.05, 4.69) is 6.92 Å². The van der Waals surface area contributed by atoms with Crippen LogP contribution in [0.1, 0.15) is 56.7 Å². The number of carbonyl (C=O) groups is 1. The maximum absolute atomic E-state index is 11.4. The van der Waals surface area contributed by atoms with Crippen molar-refractivity contribution in [2.24, 2.45) is 5.41 Å². The molecule has 0 aliphatic heterocycles. The first-order valence-electron chi connectivity index (χ1n) is 7.29. The number of hydrogen-bond donors (Lipinski definition) is 0. The van der Waals surface area contributed by atoms with Gasteiger partial charge in [-0.15, -0.1) is 11.3 Å². The van der Waals surface area contributed by atoms with Gasteiger partial charge >= 0.3 is 18.9 Å². The van der Waals surface area contributed by atoms with Gasteiger partial charge in [0.25, 0.3) is 0 Å². The van der Waals surface area contributed by atoms with Crippen LogP contribution in [0.3, 0.4) is 0 Å². The monoisotopic (exact) mass is 299 g/mol. The molecule has 110 valence electrons. The molecule has 0 aliphatic carbocycles. The molecule has 3 nitrogen and oxygen atoms in total. The van der Waals surface area contributed by atoms with Crippen LogP contribution in [-0.4, -0.2) is 5.97 Å². The van der Waals surface area contributed by atoms with Crippen LogP contribution in [0.4, 0.5) is 0 Å². The molecule has 1 aromatic rings. The molecule has 1 rings (SSSR count). The van der Waals surface area contributed by atoms with Crippen LogP contribution in [0.25, 0.3) is 0 Å². The third-order valence-electron chi connectivity index (χ3n) is 3.62. The summed E-state index contributed by atoms with van der Waals surface area (Å²) >= 11 is 1.49. The van der Waals surface area contributed by atoms with Crippen molar-refractivity contribution in [2.45, 2.75) is 58.3 Å². The number of aliphatic carboxylic acids is 1. The van der Waals surface area contributed by atoms with Gasteiger partial charge in [0, 0.05) is 11.3 Å². The first-order valence-corrected chi connectivity index (χ1v) is 8.17. The molecule has 0 aromatic carbocycles. The summed E-state index contributed by atoms with van der Waals surface area (Å²) in [6.07, 6.45) is 7.12. The SMILES string of the molecule is CCCCCCCCC(C#N)(Cc1cccs1)C(=O)[O-].[Li+]. The van der Waals surface area contributed by atoms with Gasteiger partial charge in [0.05, 0.1) is 12.0 Å². The van der Waals surface area contributed by atoms with Gasteiger partial charge in [0.2, 0.25) is 0 Å². The summed E-state index contributed by atoms with van der Waals surface area (Å²) in [5.41, 5.74) is -1.37. The molecule has 0 radical (unpaired) electrons. The fraction of sp³-hybridized carbons (Fsp3) is 0.625. The molecular weight excluding hydrogens is 277 g/mol. The molecule has 1 atom stereocenters. The van der Waals surface area contributed by atoms with Crippen LogP contribution in [-0.2, 0) is 11.2 Å².